The summed E-state index contributed by atoms with van der Waals surface area (Å²) in [5.41, 5.74) is 2.05. The van der Waals surface area contributed by atoms with E-state index in [2.05, 4.69) is 20.6 Å². The Morgan fingerprint density at radius 2 is 1.78 bits per heavy atom. The number of nitrogens with zero attached hydrogens (tertiary/aromatic N) is 1. The Morgan fingerprint density at radius 3 is 2.41 bits per heavy atom. The molecule has 0 saturated heterocycles. The van der Waals surface area contributed by atoms with E-state index in [1.165, 1.54) is 0 Å². The zero-order valence-corrected chi connectivity index (χ0v) is 15.4. The van der Waals surface area contributed by atoms with Crippen molar-refractivity contribution in [1.82, 2.24) is 15.3 Å². The van der Waals surface area contributed by atoms with Crippen LogP contribution in [0.1, 0.15) is 24.2 Å². The lowest BCUT2D eigenvalue weighted by Gasteiger charge is -2.21. The Bertz CT molecular complexity index is 914. The topological polar surface area (TPSA) is 96.1 Å². The van der Waals surface area contributed by atoms with E-state index in [4.69, 9.17) is 4.74 Å². The van der Waals surface area contributed by atoms with Crippen LogP contribution in [-0.2, 0) is 4.79 Å². The number of imidazole rings is 1. The third kappa shape index (κ3) is 4.25. The minimum Gasteiger partial charge on any atom is -0.497 e. The van der Waals surface area contributed by atoms with Crippen LogP contribution in [0.4, 0.5) is 5.95 Å². The van der Waals surface area contributed by atoms with Gasteiger partial charge >= 0.3 is 0 Å². The molecule has 3 rings (SSSR count). The van der Waals surface area contributed by atoms with Gasteiger partial charge in [0.15, 0.2) is 0 Å². The van der Waals surface area contributed by atoms with E-state index in [1.807, 2.05) is 38.1 Å². The molecular weight excluding hydrogens is 344 g/mol. The Labute approximate surface area is 157 Å². The fourth-order valence-electron chi connectivity index (χ4n) is 2.71. The molecule has 2 aromatic carbocycles. The van der Waals surface area contributed by atoms with Gasteiger partial charge in [-0.15, -0.1) is 0 Å². The van der Waals surface area contributed by atoms with Crippen molar-refractivity contribution in [2.75, 3.05) is 12.4 Å². The van der Waals surface area contributed by atoms with Crippen LogP contribution in [0.15, 0.2) is 48.5 Å². The molecule has 1 atom stereocenters. The predicted octanol–water partition coefficient (Wildman–Crippen LogP) is 2.96. The van der Waals surface area contributed by atoms with Gasteiger partial charge in [-0.2, -0.15) is 0 Å². The maximum absolute atomic E-state index is 12.7. The fraction of sp³-hybridized carbons (Fsp3) is 0.250. The molecule has 3 N–H and O–H groups in total. The second-order valence-corrected chi connectivity index (χ2v) is 6.52. The van der Waals surface area contributed by atoms with Gasteiger partial charge in [0.2, 0.25) is 11.9 Å². The summed E-state index contributed by atoms with van der Waals surface area (Å²) in [4.78, 5) is 32.6. The zero-order valence-electron chi connectivity index (χ0n) is 15.4. The number of methoxy groups -OCH3 is 1. The van der Waals surface area contributed by atoms with E-state index in [0.717, 1.165) is 11.0 Å². The monoisotopic (exact) mass is 366 g/mol. The summed E-state index contributed by atoms with van der Waals surface area (Å²) in [7, 11) is 1.56. The number of anilines is 1. The Hall–Kier alpha value is -3.35. The number of fused-ring (bicyclic) bond motifs is 1. The number of ether oxygens (including phenoxy) is 1. The van der Waals surface area contributed by atoms with Crippen LogP contribution >= 0.6 is 0 Å². The van der Waals surface area contributed by atoms with Crippen molar-refractivity contribution in [1.29, 1.82) is 0 Å². The lowest BCUT2D eigenvalue weighted by atomic mass is 10.0. The summed E-state index contributed by atoms with van der Waals surface area (Å²) in [6.07, 6.45) is 0. The molecule has 0 radical (unpaired) electrons. The molecular formula is C20H22N4O3. The number of para-hydroxylation sites is 2. The summed E-state index contributed by atoms with van der Waals surface area (Å²) < 4.78 is 5.09. The van der Waals surface area contributed by atoms with Crippen molar-refractivity contribution in [2.24, 2.45) is 5.92 Å². The number of carbonyl (C=O) groups is 2. The summed E-state index contributed by atoms with van der Waals surface area (Å²) in [6, 6.07) is 13.5. The molecule has 0 fully saturated rings. The highest BCUT2D eigenvalue weighted by Gasteiger charge is 2.25. The van der Waals surface area contributed by atoms with Crippen LogP contribution in [0.5, 0.6) is 5.75 Å². The Balaban J connectivity index is 1.71. The summed E-state index contributed by atoms with van der Waals surface area (Å²) in [5, 5.41) is 5.54. The number of benzene rings is 2. The minimum absolute atomic E-state index is 0.100. The molecule has 7 nitrogen and oxygen atoms in total. The van der Waals surface area contributed by atoms with Crippen molar-refractivity contribution in [3.63, 3.8) is 0 Å². The predicted molar refractivity (Wildman–Crippen MR) is 104 cm³/mol. The van der Waals surface area contributed by atoms with Crippen LogP contribution in [-0.4, -0.2) is 34.9 Å². The third-order valence-electron chi connectivity index (χ3n) is 4.22. The molecule has 0 aliphatic rings. The minimum atomic E-state index is -0.701. The van der Waals surface area contributed by atoms with Crippen LogP contribution in [0.3, 0.4) is 0 Å². The highest BCUT2D eigenvalue weighted by Crippen LogP contribution is 2.15. The first-order chi connectivity index (χ1) is 13.0. The number of aromatic amines is 1. The van der Waals surface area contributed by atoms with Crippen molar-refractivity contribution in [2.45, 2.75) is 19.9 Å². The van der Waals surface area contributed by atoms with Crippen LogP contribution in [0.25, 0.3) is 11.0 Å². The highest BCUT2D eigenvalue weighted by molar-refractivity contribution is 6.01. The normalized spacial score (nSPS) is 12.0. The molecule has 1 heterocycles. The SMILES string of the molecule is COc1ccc(C(=O)N[C@H](C(=O)Nc2nc3ccccc3[nH]2)C(C)C)cc1. The lowest BCUT2D eigenvalue weighted by molar-refractivity contribution is -0.118. The van der Waals surface area contributed by atoms with Gasteiger partial charge in [-0.25, -0.2) is 4.98 Å². The number of amides is 2. The van der Waals surface area contributed by atoms with Gasteiger partial charge in [-0.3, -0.25) is 14.9 Å². The molecule has 1 aromatic heterocycles. The van der Waals surface area contributed by atoms with E-state index in [1.54, 1.807) is 31.4 Å². The van der Waals surface area contributed by atoms with Gasteiger partial charge in [0.25, 0.3) is 5.91 Å². The third-order valence-corrected chi connectivity index (χ3v) is 4.22. The maximum atomic E-state index is 12.7. The molecule has 140 valence electrons. The lowest BCUT2D eigenvalue weighted by Crippen LogP contribution is -2.47. The van der Waals surface area contributed by atoms with Gasteiger partial charge in [0.1, 0.15) is 11.8 Å². The van der Waals surface area contributed by atoms with Crippen LogP contribution in [0, 0.1) is 5.92 Å². The highest BCUT2D eigenvalue weighted by atomic mass is 16.5. The van der Waals surface area contributed by atoms with Gasteiger partial charge in [-0.05, 0) is 42.3 Å². The molecule has 2 amide bonds. The van der Waals surface area contributed by atoms with E-state index >= 15 is 0 Å². The van der Waals surface area contributed by atoms with Gasteiger partial charge in [-0.1, -0.05) is 26.0 Å². The fourth-order valence-corrected chi connectivity index (χ4v) is 2.71. The zero-order chi connectivity index (χ0) is 19.4. The van der Waals surface area contributed by atoms with Crippen molar-refractivity contribution in [3.8, 4) is 5.75 Å². The van der Waals surface area contributed by atoms with Crippen molar-refractivity contribution in [3.05, 3.63) is 54.1 Å². The van der Waals surface area contributed by atoms with Gasteiger partial charge < -0.3 is 15.0 Å². The van der Waals surface area contributed by atoms with E-state index in [0.29, 0.717) is 17.3 Å². The van der Waals surface area contributed by atoms with E-state index in [9.17, 15) is 9.59 Å². The van der Waals surface area contributed by atoms with Gasteiger partial charge in [0.05, 0.1) is 18.1 Å². The number of H-pyrrole nitrogens is 1. The first kappa shape index (κ1) is 18.4. The Morgan fingerprint density at radius 1 is 1.07 bits per heavy atom. The number of hydrogen-bond donors (Lipinski definition) is 3. The van der Waals surface area contributed by atoms with Crippen LogP contribution in [0.2, 0.25) is 0 Å². The van der Waals surface area contributed by atoms with Crippen molar-refractivity contribution >= 4 is 28.8 Å². The number of hydrogen-bond acceptors (Lipinski definition) is 4. The number of carbonyl (C=O) groups excluding carboxylic acids is 2. The molecule has 27 heavy (non-hydrogen) atoms. The number of nitrogens with one attached hydrogen (secondary N) is 3. The molecule has 0 aliphatic carbocycles. The average Bonchev–Trinajstić information content (AvgIpc) is 3.07. The average molecular weight is 366 g/mol. The van der Waals surface area contributed by atoms with E-state index < -0.39 is 6.04 Å². The molecule has 0 bridgehead atoms. The standard InChI is InChI=1S/C20H22N4O3/c1-12(2)17(23-18(25)13-8-10-14(27-3)11-9-13)19(26)24-20-21-15-6-4-5-7-16(15)22-20/h4-12,17H,1-3H3,(H,23,25)(H2,21,22,24,26)/t17-/m0/s1. The quantitative estimate of drug-likeness (QED) is 0.625. The van der Waals surface area contributed by atoms with E-state index in [-0.39, 0.29) is 17.7 Å². The molecule has 0 spiro atoms. The smallest absolute Gasteiger partial charge is 0.251 e. The largest absolute Gasteiger partial charge is 0.497 e. The molecule has 0 unspecified atom stereocenters. The summed E-state index contributed by atoms with van der Waals surface area (Å²) in [6.45, 7) is 3.74. The Kier molecular flexibility index (Phi) is 5.40. The first-order valence-electron chi connectivity index (χ1n) is 8.68. The van der Waals surface area contributed by atoms with Gasteiger partial charge in [0, 0.05) is 5.56 Å². The number of aromatic nitrogens is 2. The van der Waals surface area contributed by atoms with Crippen molar-refractivity contribution < 1.29 is 14.3 Å². The second-order valence-electron chi connectivity index (χ2n) is 6.52. The van der Waals surface area contributed by atoms with Crippen LogP contribution < -0.4 is 15.4 Å². The number of rotatable bonds is 6. The summed E-state index contributed by atoms with van der Waals surface area (Å²) in [5.74, 6) is 0.263. The maximum Gasteiger partial charge on any atom is 0.251 e. The molecule has 7 heteroatoms. The molecule has 3 aromatic rings. The first-order valence-corrected chi connectivity index (χ1v) is 8.68. The summed E-state index contributed by atoms with van der Waals surface area (Å²) >= 11 is 0. The molecule has 0 aliphatic heterocycles. The second kappa shape index (κ2) is 7.90. The molecule has 0 saturated carbocycles.